The molecule has 3 atom stereocenters. The summed E-state index contributed by atoms with van der Waals surface area (Å²) in [6.45, 7) is 9.30. The van der Waals surface area contributed by atoms with Crippen molar-refractivity contribution in [3.8, 4) is 0 Å². The molecular weight excluding hydrogens is 218 g/mol. The number of nitrogens with one attached hydrogen (secondary N) is 1. The maximum atomic E-state index is 3.58. The van der Waals surface area contributed by atoms with Gasteiger partial charge in [-0.3, -0.25) is 0 Å². The van der Waals surface area contributed by atoms with Gasteiger partial charge in [0.25, 0.3) is 0 Å². The highest BCUT2D eigenvalue weighted by Gasteiger charge is 2.29. The molecular formula is C17H27N. The van der Waals surface area contributed by atoms with Crippen LogP contribution in [0, 0.1) is 18.8 Å². The van der Waals surface area contributed by atoms with Gasteiger partial charge in [0.1, 0.15) is 0 Å². The Morgan fingerprint density at radius 2 is 2.22 bits per heavy atom. The molecule has 18 heavy (non-hydrogen) atoms. The fourth-order valence-electron chi connectivity index (χ4n) is 3.50. The second-order valence-corrected chi connectivity index (χ2v) is 5.94. The maximum absolute atomic E-state index is 3.58. The highest BCUT2D eigenvalue weighted by molar-refractivity contribution is 5.27. The van der Waals surface area contributed by atoms with Gasteiger partial charge in [0.2, 0.25) is 0 Å². The minimum absolute atomic E-state index is 0.709. The van der Waals surface area contributed by atoms with E-state index in [1.54, 1.807) is 0 Å². The summed E-state index contributed by atoms with van der Waals surface area (Å²) in [5.41, 5.74) is 2.93. The Hall–Kier alpha value is -0.820. The van der Waals surface area contributed by atoms with Gasteiger partial charge in [-0.05, 0) is 43.2 Å². The predicted molar refractivity (Wildman–Crippen MR) is 79.0 cm³/mol. The topological polar surface area (TPSA) is 12.0 Å². The third-order valence-electron chi connectivity index (χ3n) is 4.48. The molecule has 0 spiro atoms. The van der Waals surface area contributed by atoms with Crippen molar-refractivity contribution < 1.29 is 0 Å². The fraction of sp³-hybridized carbons (Fsp3) is 0.647. The van der Waals surface area contributed by atoms with Crippen LogP contribution in [0.5, 0.6) is 0 Å². The van der Waals surface area contributed by atoms with Gasteiger partial charge in [-0.2, -0.15) is 0 Å². The average Bonchev–Trinajstić information content (AvgIpc) is 2.39. The first-order valence-electron chi connectivity index (χ1n) is 7.49. The van der Waals surface area contributed by atoms with E-state index in [0.717, 1.165) is 18.4 Å². The van der Waals surface area contributed by atoms with Crippen molar-refractivity contribution in [3.63, 3.8) is 0 Å². The number of hydrogen-bond donors (Lipinski definition) is 1. The summed E-state index contributed by atoms with van der Waals surface area (Å²) in [6.07, 6.45) is 4.01. The second-order valence-electron chi connectivity index (χ2n) is 5.94. The Bertz CT molecular complexity index is 372. The zero-order valence-corrected chi connectivity index (χ0v) is 12.1. The Balaban J connectivity index is 2.17. The van der Waals surface area contributed by atoms with Crippen molar-refractivity contribution in [2.45, 2.75) is 46.0 Å². The van der Waals surface area contributed by atoms with Crippen molar-refractivity contribution in [2.75, 3.05) is 13.1 Å². The average molecular weight is 245 g/mol. The van der Waals surface area contributed by atoms with Gasteiger partial charge >= 0.3 is 0 Å². The quantitative estimate of drug-likeness (QED) is 0.841. The molecule has 1 aliphatic rings. The van der Waals surface area contributed by atoms with Gasteiger partial charge in [0.05, 0.1) is 0 Å². The van der Waals surface area contributed by atoms with Crippen LogP contribution in [0.3, 0.4) is 0 Å². The van der Waals surface area contributed by atoms with E-state index >= 15 is 0 Å². The molecule has 0 saturated carbocycles. The molecule has 0 aliphatic carbocycles. The molecule has 3 unspecified atom stereocenters. The summed E-state index contributed by atoms with van der Waals surface area (Å²) >= 11 is 0. The predicted octanol–water partition coefficient (Wildman–Crippen LogP) is 4.12. The van der Waals surface area contributed by atoms with Gasteiger partial charge in [-0.25, -0.2) is 0 Å². The van der Waals surface area contributed by atoms with Crippen molar-refractivity contribution in [1.82, 2.24) is 5.32 Å². The largest absolute Gasteiger partial charge is 0.316 e. The molecule has 1 aliphatic heterocycles. The van der Waals surface area contributed by atoms with Gasteiger partial charge in [-0.1, -0.05) is 56.5 Å². The molecule has 0 radical (unpaired) electrons. The van der Waals surface area contributed by atoms with E-state index in [0.29, 0.717) is 5.92 Å². The zero-order valence-electron chi connectivity index (χ0n) is 12.1. The molecule has 1 saturated heterocycles. The maximum Gasteiger partial charge on any atom is 0.00229 e. The zero-order chi connectivity index (χ0) is 13.0. The van der Waals surface area contributed by atoms with Crippen LogP contribution >= 0.6 is 0 Å². The van der Waals surface area contributed by atoms with Crippen LogP contribution in [-0.4, -0.2) is 13.1 Å². The third-order valence-corrected chi connectivity index (χ3v) is 4.48. The normalized spacial score (nSPS) is 25.9. The Kier molecular flexibility index (Phi) is 4.82. The summed E-state index contributed by atoms with van der Waals surface area (Å²) in [5.74, 6) is 2.41. The van der Waals surface area contributed by atoms with Gasteiger partial charge in [-0.15, -0.1) is 0 Å². The van der Waals surface area contributed by atoms with E-state index in [-0.39, 0.29) is 0 Å². The smallest absolute Gasteiger partial charge is 0.00229 e. The molecule has 100 valence electrons. The standard InChI is InChI=1S/C17H27N/c1-4-6-14(3)16-9-10-18-12-17(16)15-8-5-7-13(2)11-15/h5,7-8,11,14,16-18H,4,6,9-10,12H2,1-3H3. The number of benzene rings is 1. The van der Waals surface area contributed by atoms with Crippen LogP contribution in [0.25, 0.3) is 0 Å². The highest BCUT2D eigenvalue weighted by atomic mass is 14.9. The summed E-state index contributed by atoms with van der Waals surface area (Å²) in [6, 6.07) is 9.10. The van der Waals surface area contributed by atoms with Crippen molar-refractivity contribution in [3.05, 3.63) is 35.4 Å². The SMILES string of the molecule is CCCC(C)C1CCNCC1c1cccc(C)c1. The minimum Gasteiger partial charge on any atom is -0.316 e. The molecule has 1 aromatic rings. The lowest BCUT2D eigenvalue weighted by Gasteiger charge is -2.36. The van der Waals surface area contributed by atoms with Gasteiger partial charge in [0, 0.05) is 6.54 Å². The molecule has 1 N–H and O–H groups in total. The van der Waals surface area contributed by atoms with E-state index in [9.17, 15) is 0 Å². The summed E-state index contributed by atoms with van der Waals surface area (Å²) in [4.78, 5) is 0. The highest BCUT2D eigenvalue weighted by Crippen LogP contribution is 2.36. The second kappa shape index (κ2) is 6.38. The lowest BCUT2D eigenvalue weighted by molar-refractivity contribution is 0.227. The van der Waals surface area contributed by atoms with E-state index in [2.05, 4.69) is 50.4 Å². The van der Waals surface area contributed by atoms with E-state index in [1.807, 2.05) is 0 Å². The monoisotopic (exact) mass is 245 g/mol. The molecule has 1 heteroatoms. The third kappa shape index (κ3) is 3.14. The van der Waals surface area contributed by atoms with Crippen molar-refractivity contribution >= 4 is 0 Å². The lowest BCUT2D eigenvalue weighted by atomic mass is 9.73. The van der Waals surface area contributed by atoms with E-state index < -0.39 is 0 Å². The number of rotatable bonds is 4. The molecule has 0 aromatic heterocycles. The fourth-order valence-corrected chi connectivity index (χ4v) is 3.50. The minimum atomic E-state index is 0.709. The molecule has 0 amide bonds. The Morgan fingerprint density at radius 1 is 1.39 bits per heavy atom. The van der Waals surface area contributed by atoms with Gasteiger partial charge in [0.15, 0.2) is 0 Å². The molecule has 1 nitrogen and oxygen atoms in total. The molecule has 2 rings (SSSR count). The first-order chi connectivity index (χ1) is 8.72. The van der Waals surface area contributed by atoms with E-state index in [1.165, 1.54) is 36.9 Å². The van der Waals surface area contributed by atoms with Crippen LogP contribution < -0.4 is 5.32 Å². The number of hydrogen-bond acceptors (Lipinski definition) is 1. The summed E-state index contributed by atoms with van der Waals surface area (Å²) in [7, 11) is 0. The van der Waals surface area contributed by atoms with Crippen LogP contribution in [0.15, 0.2) is 24.3 Å². The first kappa shape index (κ1) is 13.6. The first-order valence-corrected chi connectivity index (χ1v) is 7.49. The van der Waals surface area contributed by atoms with Crippen LogP contribution in [0.4, 0.5) is 0 Å². The Morgan fingerprint density at radius 3 is 2.94 bits per heavy atom. The summed E-state index contributed by atoms with van der Waals surface area (Å²) in [5, 5.41) is 3.58. The van der Waals surface area contributed by atoms with Crippen LogP contribution in [0.2, 0.25) is 0 Å². The van der Waals surface area contributed by atoms with Crippen molar-refractivity contribution in [1.29, 1.82) is 0 Å². The lowest BCUT2D eigenvalue weighted by Crippen LogP contribution is -2.37. The summed E-state index contributed by atoms with van der Waals surface area (Å²) < 4.78 is 0. The molecule has 1 aromatic carbocycles. The van der Waals surface area contributed by atoms with Crippen LogP contribution in [-0.2, 0) is 0 Å². The Labute approximate surface area is 112 Å². The molecule has 1 fully saturated rings. The molecule has 0 bridgehead atoms. The number of aryl methyl sites for hydroxylation is 1. The van der Waals surface area contributed by atoms with Crippen molar-refractivity contribution in [2.24, 2.45) is 11.8 Å². The number of piperidine rings is 1. The van der Waals surface area contributed by atoms with Crippen LogP contribution in [0.1, 0.15) is 50.2 Å². The van der Waals surface area contributed by atoms with E-state index in [4.69, 9.17) is 0 Å². The van der Waals surface area contributed by atoms with Gasteiger partial charge < -0.3 is 5.32 Å². The molecule has 1 heterocycles.